The van der Waals surface area contributed by atoms with Gasteiger partial charge in [-0.15, -0.1) is 0 Å². The average Bonchev–Trinajstić information content (AvgIpc) is 2.68. The molecule has 0 radical (unpaired) electrons. The summed E-state index contributed by atoms with van der Waals surface area (Å²) >= 11 is 0. The first-order valence-corrected chi connectivity index (χ1v) is 9.76. The Balaban J connectivity index is 2.04. The average molecular weight is 382 g/mol. The van der Waals surface area contributed by atoms with E-state index in [1.54, 1.807) is 7.11 Å². The van der Waals surface area contributed by atoms with Crippen molar-refractivity contribution in [2.45, 2.75) is 47.1 Å². The van der Waals surface area contributed by atoms with Crippen molar-refractivity contribution in [3.8, 4) is 11.5 Å². The van der Waals surface area contributed by atoms with Crippen LogP contribution < -0.4 is 9.47 Å². The van der Waals surface area contributed by atoms with Crippen LogP contribution in [0.5, 0.6) is 11.5 Å². The molecule has 0 amide bonds. The van der Waals surface area contributed by atoms with Gasteiger partial charge in [0.05, 0.1) is 5.71 Å². The highest BCUT2D eigenvalue weighted by atomic mass is 16.6. The molecule has 0 aliphatic rings. The topological polar surface area (TPSA) is 40.0 Å². The van der Waals surface area contributed by atoms with Crippen LogP contribution in [-0.2, 0) is 11.4 Å². The molecule has 0 saturated carbocycles. The van der Waals surface area contributed by atoms with Crippen molar-refractivity contribution in [3.05, 3.63) is 70.8 Å². The summed E-state index contributed by atoms with van der Waals surface area (Å²) in [7, 11) is 1.58. The molecule has 0 bridgehead atoms. The molecule has 0 aromatic heterocycles. The van der Waals surface area contributed by atoms with Crippen LogP contribution in [0, 0.1) is 13.8 Å². The van der Waals surface area contributed by atoms with Crippen molar-refractivity contribution in [1.82, 2.24) is 0 Å². The molecule has 2 aromatic rings. The fourth-order valence-corrected chi connectivity index (χ4v) is 3.00. The molecule has 28 heavy (non-hydrogen) atoms. The first-order valence-electron chi connectivity index (χ1n) is 9.76. The van der Waals surface area contributed by atoms with Crippen molar-refractivity contribution < 1.29 is 14.3 Å². The normalized spacial score (nSPS) is 11.7. The Morgan fingerprint density at radius 3 is 2.29 bits per heavy atom. The molecule has 2 aromatic carbocycles. The summed E-state index contributed by atoms with van der Waals surface area (Å²) in [4.78, 5) is 4.96. The van der Waals surface area contributed by atoms with Gasteiger partial charge in [-0.3, -0.25) is 0 Å². The lowest BCUT2D eigenvalue weighted by Crippen LogP contribution is -2.03. The van der Waals surface area contributed by atoms with Crippen LogP contribution in [-0.4, -0.2) is 19.4 Å². The molecule has 4 heteroatoms. The Bertz CT molecular complexity index is 784. The Hall–Kier alpha value is -2.75. The fourth-order valence-electron chi connectivity index (χ4n) is 3.00. The van der Waals surface area contributed by atoms with Crippen molar-refractivity contribution in [2.24, 2.45) is 5.16 Å². The molecule has 0 atom stereocenters. The third-order valence-electron chi connectivity index (χ3n) is 4.37. The van der Waals surface area contributed by atoms with E-state index in [0.29, 0.717) is 13.2 Å². The van der Waals surface area contributed by atoms with Crippen LogP contribution in [0.15, 0.2) is 53.7 Å². The minimum absolute atomic E-state index is 0.519. The predicted molar refractivity (Wildman–Crippen MR) is 115 cm³/mol. The van der Waals surface area contributed by atoms with Gasteiger partial charge in [0.2, 0.25) is 0 Å². The number of hydrogen-bond acceptors (Lipinski definition) is 4. The van der Waals surface area contributed by atoms with Gasteiger partial charge in [0.15, 0.2) is 0 Å². The standard InChI is InChI=1S/C24H31NO3/c1-6-8-14-27-22-15-18(3)24(19(4)16-22)28-17-20-10-12-21(13-11-20)23(9-7-2)25-26-5/h6,8,10-13,15-16H,7,9,14,17H2,1-5H3/b8-6+,25-23+. The Morgan fingerprint density at radius 2 is 1.71 bits per heavy atom. The molecule has 0 aliphatic heterocycles. The maximum Gasteiger partial charge on any atom is 0.125 e. The molecule has 0 heterocycles. The van der Waals surface area contributed by atoms with E-state index in [2.05, 4.69) is 36.3 Å². The highest BCUT2D eigenvalue weighted by Crippen LogP contribution is 2.29. The SMILES string of the molecule is C/C=C/COc1cc(C)c(OCc2ccc(/C(CCC)=N/OC)cc2)c(C)c1. The molecular weight excluding hydrogens is 350 g/mol. The molecule has 0 fully saturated rings. The van der Waals surface area contributed by atoms with E-state index in [1.165, 1.54) is 0 Å². The number of rotatable bonds is 10. The molecular formula is C24H31NO3. The van der Waals surface area contributed by atoms with Crippen LogP contribution >= 0.6 is 0 Å². The van der Waals surface area contributed by atoms with Gasteiger partial charge in [0.25, 0.3) is 0 Å². The fraction of sp³-hybridized carbons (Fsp3) is 0.375. The number of oxime groups is 1. The monoisotopic (exact) mass is 381 g/mol. The van der Waals surface area contributed by atoms with Gasteiger partial charge in [0.1, 0.15) is 31.8 Å². The maximum atomic E-state index is 6.11. The van der Waals surface area contributed by atoms with E-state index in [9.17, 15) is 0 Å². The molecule has 0 unspecified atom stereocenters. The third kappa shape index (κ3) is 6.15. The van der Waals surface area contributed by atoms with Gasteiger partial charge < -0.3 is 14.3 Å². The van der Waals surface area contributed by atoms with Gasteiger partial charge in [-0.25, -0.2) is 0 Å². The lowest BCUT2D eigenvalue weighted by Gasteiger charge is -2.15. The lowest BCUT2D eigenvalue weighted by atomic mass is 10.0. The molecule has 150 valence electrons. The van der Waals surface area contributed by atoms with E-state index in [-0.39, 0.29) is 0 Å². The lowest BCUT2D eigenvalue weighted by molar-refractivity contribution is 0.213. The van der Waals surface area contributed by atoms with Crippen molar-refractivity contribution in [3.63, 3.8) is 0 Å². The van der Waals surface area contributed by atoms with E-state index < -0.39 is 0 Å². The van der Waals surface area contributed by atoms with Crippen LogP contribution in [0.3, 0.4) is 0 Å². The van der Waals surface area contributed by atoms with E-state index in [0.717, 1.165) is 52.3 Å². The van der Waals surface area contributed by atoms with Gasteiger partial charge in [-0.2, -0.15) is 0 Å². The highest BCUT2D eigenvalue weighted by molar-refractivity contribution is 6.00. The zero-order chi connectivity index (χ0) is 20.4. The van der Waals surface area contributed by atoms with Gasteiger partial charge >= 0.3 is 0 Å². The quantitative estimate of drug-likeness (QED) is 0.288. The second-order valence-corrected chi connectivity index (χ2v) is 6.72. The van der Waals surface area contributed by atoms with E-state index >= 15 is 0 Å². The Kier molecular flexibility index (Phi) is 8.60. The molecule has 0 aliphatic carbocycles. The Morgan fingerprint density at radius 1 is 1.04 bits per heavy atom. The summed E-state index contributed by atoms with van der Waals surface area (Å²) in [6.45, 7) is 9.31. The maximum absolute atomic E-state index is 6.11. The van der Waals surface area contributed by atoms with Gasteiger partial charge in [0, 0.05) is 0 Å². The van der Waals surface area contributed by atoms with Crippen molar-refractivity contribution in [2.75, 3.05) is 13.7 Å². The van der Waals surface area contributed by atoms with Gasteiger partial charge in [-0.1, -0.05) is 54.9 Å². The predicted octanol–water partition coefficient (Wildman–Crippen LogP) is 5.99. The third-order valence-corrected chi connectivity index (χ3v) is 4.37. The zero-order valence-corrected chi connectivity index (χ0v) is 17.6. The molecule has 0 spiro atoms. The van der Waals surface area contributed by atoms with Crippen molar-refractivity contribution >= 4 is 5.71 Å². The summed E-state index contributed by atoms with van der Waals surface area (Å²) < 4.78 is 11.8. The van der Waals surface area contributed by atoms with Gasteiger partial charge in [-0.05, 0) is 61.6 Å². The van der Waals surface area contributed by atoms with Crippen LogP contribution in [0.1, 0.15) is 48.9 Å². The number of allylic oxidation sites excluding steroid dienone is 1. The van der Waals surface area contributed by atoms with E-state index in [1.807, 2.05) is 45.1 Å². The first-order chi connectivity index (χ1) is 13.6. The second kappa shape index (κ2) is 11.2. The number of nitrogens with zero attached hydrogens (tertiary/aromatic N) is 1. The number of aryl methyl sites for hydroxylation is 2. The summed E-state index contributed by atoms with van der Waals surface area (Å²) in [6.07, 6.45) is 5.89. The van der Waals surface area contributed by atoms with E-state index in [4.69, 9.17) is 14.3 Å². The Labute approximate surface area is 168 Å². The minimum Gasteiger partial charge on any atom is -0.490 e. The highest BCUT2D eigenvalue weighted by Gasteiger charge is 2.09. The smallest absolute Gasteiger partial charge is 0.125 e. The van der Waals surface area contributed by atoms with Crippen LogP contribution in [0.25, 0.3) is 0 Å². The number of hydrogen-bond donors (Lipinski definition) is 0. The summed E-state index contributed by atoms with van der Waals surface area (Å²) in [5.74, 6) is 1.78. The minimum atomic E-state index is 0.519. The van der Waals surface area contributed by atoms with Crippen LogP contribution in [0.4, 0.5) is 0 Å². The molecule has 0 saturated heterocycles. The first kappa shape index (κ1) is 21.5. The second-order valence-electron chi connectivity index (χ2n) is 6.72. The molecule has 2 rings (SSSR count). The largest absolute Gasteiger partial charge is 0.490 e. The zero-order valence-electron chi connectivity index (χ0n) is 17.6. The summed E-state index contributed by atoms with van der Waals surface area (Å²) in [6, 6.07) is 12.3. The summed E-state index contributed by atoms with van der Waals surface area (Å²) in [5.41, 5.74) is 5.32. The number of ether oxygens (including phenoxy) is 2. The molecule has 4 nitrogen and oxygen atoms in total. The van der Waals surface area contributed by atoms with Crippen molar-refractivity contribution in [1.29, 1.82) is 0 Å². The number of benzene rings is 2. The van der Waals surface area contributed by atoms with Crippen LogP contribution in [0.2, 0.25) is 0 Å². The molecule has 0 N–H and O–H groups in total. The summed E-state index contributed by atoms with van der Waals surface area (Å²) in [5, 5.41) is 4.13.